The first kappa shape index (κ1) is 14.5. The van der Waals surface area contributed by atoms with E-state index in [2.05, 4.69) is 10.2 Å². The molecule has 1 spiro atoms. The summed E-state index contributed by atoms with van der Waals surface area (Å²) in [5.74, 6) is 0. The van der Waals surface area contributed by atoms with Crippen LogP contribution in [-0.2, 0) is 6.18 Å². The Morgan fingerprint density at radius 2 is 1.90 bits per heavy atom. The number of rotatable bonds is 1. The van der Waals surface area contributed by atoms with Gasteiger partial charge in [0, 0.05) is 13.1 Å². The molecule has 1 aromatic carbocycles. The second-order valence-electron chi connectivity index (χ2n) is 6.11. The average Bonchev–Trinajstić information content (AvgIpc) is 2.46. The lowest BCUT2D eigenvalue weighted by molar-refractivity contribution is -0.137. The summed E-state index contributed by atoms with van der Waals surface area (Å²) < 4.78 is 39.0. The van der Waals surface area contributed by atoms with Crippen LogP contribution in [0, 0.1) is 0 Å². The fraction of sp³-hybridized carbons (Fsp3) is 0.625. The standard InChI is InChI=1S/C16H21F3N2/c1-2-21-14-10-12(16(17,18)19)6-7-13(14)20-11-15(21)8-4-3-5-9-15/h6-7,10,20H,2-5,8-9,11H2,1H3. The number of alkyl halides is 3. The zero-order valence-electron chi connectivity index (χ0n) is 12.3. The van der Waals surface area contributed by atoms with Crippen LogP contribution in [0.5, 0.6) is 0 Å². The lowest BCUT2D eigenvalue weighted by Gasteiger charge is -2.51. The van der Waals surface area contributed by atoms with Crippen LogP contribution < -0.4 is 10.2 Å². The van der Waals surface area contributed by atoms with Crippen LogP contribution in [0.3, 0.4) is 0 Å². The van der Waals surface area contributed by atoms with Gasteiger partial charge in [-0.2, -0.15) is 13.2 Å². The molecule has 2 nitrogen and oxygen atoms in total. The van der Waals surface area contributed by atoms with Crippen molar-refractivity contribution in [3.05, 3.63) is 23.8 Å². The highest BCUT2D eigenvalue weighted by molar-refractivity contribution is 5.75. The quantitative estimate of drug-likeness (QED) is 0.811. The van der Waals surface area contributed by atoms with E-state index in [0.717, 1.165) is 44.5 Å². The molecule has 0 saturated heterocycles. The highest BCUT2D eigenvalue weighted by Gasteiger charge is 2.42. The third-order valence-electron chi connectivity index (χ3n) is 4.90. The van der Waals surface area contributed by atoms with Crippen molar-refractivity contribution in [2.45, 2.75) is 50.7 Å². The first-order valence-electron chi connectivity index (χ1n) is 7.69. The molecule has 0 aromatic heterocycles. The number of hydrogen-bond donors (Lipinski definition) is 1. The molecule has 1 heterocycles. The van der Waals surface area contributed by atoms with Gasteiger partial charge in [-0.1, -0.05) is 19.3 Å². The molecular formula is C16H21F3N2. The van der Waals surface area contributed by atoms with Gasteiger partial charge < -0.3 is 10.2 Å². The predicted octanol–water partition coefficient (Wildman–Crippen LogP) is 4.66. The minimum absolute atomic E-state index is 0.00970. The minimum Gasteiger partial charge on any atom is -0.381 e. The Hall–Kier alpha value is -1.39. The Kier molecular flexibility index (Phi) is 3.54. The molecule has 21 heavy (non-hydrogen) atoms. The van der Waals surface area contributed by atoms with Crippen molar-refractivity contribution in [1.82, 2.24) is 0 Å². The van der Waals surface area contributed by atoms with E-state index in [9.17, 15) is 13.2 Å². The van der Waals surface area contributed by atoms with Crippen molar-refractivity contribution in [3.8, 4) is 0 Å². The minimum atomic E-state index is -4.29. The molecule has 116 valence electrons. The highest BCUT2D eigenvalue weighted by atomic mass is 19.4. The van der Waals surface area contributed by atoms with Gasteiger partial charge in [-0.05, 0) is 38.0 Å². The van der Waals surface area contributed by atoms with Crippen molar-refractivity contribution < 1.29 is 13.2 Å². The summed E-state index contributed by atoms with van der Waals surface area (Å²) >= 11 is 0. The molecule has 0 bridgehead atoms. The van der Waals surface area contributed by atoms with Crippen LogP contribution in [-0.4, -0.2) is 18.6 Å². The maximum absolute atomic E-state index is 13.0. The van der Waals surface area contributed by atoms with E-state index in [-0.39, 0.29) is 5.54 Å². The molecule has 3 rings (SSSR count). The Labute approximate surface area is 123 Å². The average molecular weight is 298 g/mol. The van der Waals surface area contributed by atoms with Crippen LogP contribution in [0.25, 0.3) is 0 Å². The first-order valence-corrected chi connectivity index (χ1v) is 7.69. The fourth-order valence-corrected chi connectivity index (χ4v) is 3.85. The third kappa shape index (κ3) is 2.47. The predicted molar refractivity (Wildman–Crippen MR) is 78.8 cm³/mol. The second-order valence-corrected chi connectivity index (χ2v) is 6.11. The molecule has 1 N–H and O–H groups in total. The van der Waals surface area contributed by atoms with E-state index in [1.807, 2.05) is 6.92 Å². The Morgan fingerprint density at radius 1 is 1.19 bits per heavy atom. The number of hydrogen-bond acceptors (Lipinski definition) is 2. The summed E-state index contributed by atoms with van der Waals surface area (Å²) in [6, 6.07) is 4.04. The van der Waals surface area contributed by atoms with Gasteiger partial charge in [0.15, 0.2) is 0 Å². The molecule has 1 aliphatic carbocycles. The molecule has 5 heteroatoms. The molecule has 0 radical (unpaired) electrons. The van der Waals surface area contributed by atoms with E-state index in [4.69, 9.17) is 0 Å². The van der Waals surface area contributed by atoms with E-state index in [0.29, 0.717) is 5.69 Å². The van der Waals surface area contributed by atoms with Gasteiger partial charge in [0.1, 0.15) is 0 Å². The number of nitrogens with one attached hydrogen (secondary N) is 1. The smallest absolute Gasteiger partial charge is 0.381 e. The molecule has 1 saturated carbocycles. The summed E-state index contributed by atoms with van der Waals surface area (Å²) in [4.78, 5) is 2.20. The molecular weight excluding hydrogens is 277 g/mol. The van der Waals surface area contributed by atoms with Crippen molar-refractivity contribution >= 4 is 11.4 Å². The Bertz CT molecular complexity index is 519. The van der Waals surface area contributed by atoms with Crippen LogP contribution in [0.1, 0.15) is 44.6 Å². The second kappa shape index (κ2) is 5.11. The number of fused-ring (bicyclic) bond motifs is 1. The van der Waals surface area contributed by atoms with Crippen LogP contribution >= 0.6 is 0 Å². The largest absolute Gasteiger partial charge is 0.416 e. The number of halogens is 3. The van der Waals surface area contributed by atoms with Crippen molar-refractivity contribution in [3.63, 3.8) is 0 Å². The monoisotopic (exact) mass is 298 g/mol. The highest BCUT2D eigenvalue weighted by Crippen LogP contribution is 2.45. The third-order valence-corrected chi connectivity index (χ3v) is 4.90. The molecule has 1 aromatic rings. The van der Waals surface area contributed by atoms with Crippen molar-refractivity contribution in [2.24, 2.45) is 0 Å². The van der Waals surface area contributed by atoms with Gasteiger partial charge in [0.25, 0.3) is 0 Å². The number of likely N-dealkylation sites (N-methyl/N-ethyl adjacent to an activating group) is 1. The summed E-state index contributed by atoms with van der Waals surface area (Å²) in [5, 5.41) is 3.36. The van der Waals surface area contributed by atoms with Gasteiger partial charge in [-0.3, -0.25) is 0 Å². The maximum atomic E-state index is 13.0. The Balaban J connectivity index is 2.02. The van der Waals surface area contributed by atoms with E-state index in [1.165, 1.54) is 18.6 Å². The first-order chi connectivity index (χ1) is 9.96. The molecule has 2 aliphatic rings. The number of anilines is 2. The van der Waals surface area contributed by atoms with Crippen LogP contribution in [0.4, 0.5) is 24.5 Å². The normalized spacial score (nSPS) is 21.0. The van der Waals surface area contributed by atoms with Crippen molar-refractivity contribution in [2.75, 3.05) is 23.3 Å². The summed E-state index contributed by atoms with van der Waals surface area (Å²) in [7, 11) is 0. The van der Waals surface area contributed by atoms with Gasteiger partial charge in [-0.15, -0.1) is 0 Å². The molecule has 0 unspecified atom stereocenters. The van der Waals surface area contributed by atoms with E-state index < -0.39 is 11.7 Å². The van der Waals surface area contributed by atoms with Crippen molar-refractivity contribution in [1.29, 1.82) is 0 Å². The topological polar surface area (TPSA) is 15.3 Å². The molecule has 0 atom stereocenters. The van der Waals surface area contributed by atoms with Crippen LogP contribution in [0.2, 0.25) is 0 Å². The van der Waals surface area contributed by atoms with Gasteiger partial charge in [0.2, 0.25) is 0 Å². The van der Waals surface area contributed by atoms with E-state index in [1.54, 1.807) is 6.07 Å². The number of benzene rings is 1. The lowest BCUT2D eigenvalue weighted by Crippen LogP contribution is -2.57. The van der Waals surface area contributed by atoms with Crippen LogP contribution in [0.15, 0.2) is 18.2 Å². The maximum Gasteiger partial charge on any atom is 0.416 e. The summed E-state index contributed by atoms with van der Waals surface area (Å²) in [5.41, 5.74) is 0.959. The van der Waals surface area contributed by atoms with E-state index >= 15 is 0 Å². The molecule has 1 aliphatic heterocycles. The molecule has 1 fully saturated rings. The number of nitrogens with zero attached hydrogens (tertiary/aromatic N) is 1. The fourth-order valence-electron chi connectivity index (χ4n) is 3.85. The summed E-state index contributed by atoms with van der Waals surface area (Å²) in [6.07, 6.45) is 1.38. The molecule has 0 amide bonds. The van der Waals surface area contributed by atoms with Gasteiger partial charge >= 0.3 is 6.18 Å². The van der Waals surface area contributed by atoms with Gasteiger partial charge in [-0.25, -0.2) is 0 Å². The Morgan fingerprint density at radius 3 is 2.52 bits per heavy atom. The summed E-state index contributed by atoms with van der Waals surface area (Å²) in [6.45, 7) is 3.61. The zero-order chi connectivity index (χ0) is 15.1. The zero-order valence-corrected chi connectivity index (χ0v) is 12.3. The lowest BCUT2D eigenvalue weighted by atomic mass is 9.78. The van der Waals surface area contributed by atoms with Gasteiger partial charge in [0.05, 0.1) is 22.5 Å². The SMILES string of the molecule is CCN1c2cc(C(F)(F)F)ccc2NCC12CCCCC2.